The normalized spacial score (nSPS) is 13.0. The van der Waals surface area contributed by atoms with E-state index < -0.39 is 18.0 Å². The second-order valence-corrected chi connectivity index (χ2v) is 7.10. The molecule has 2 aromatic heterocycles. The van der Waals surface area contributed by atoms with Crippen molar-refractivity contribution in [2.75, 3.05) is 11.9 Å². The summed E-state index contributed by atoms with van der Waals surface area (Å²) < 4.78 is 39.7. The first-order valence-electron chi connectivity index (χ1n) is 8.16. The number of pyridine rings is 1. The van der Waals surface area contributed by atoms with Gasteiger partial charge in [0.25, 0.3) is 0 Å². The van der Waals surface area contributed by atoms with E-state index in [-0.39, 0.29) is 23.4 Å². The lowest BCUT2D eigenvalue weighted by Crippen LogP contribution is -2.16. The number of carbonyl (C=O) groups is 1. The number of ketones is 1. The van der Waals surface area contributed by atoms with Crippen molar-refractivity contribution in [3.05, 3.63) is 57.4 Å². The predicted molar refractivity (Wildman–Crippen MR) is 99.3 cm³/mol. The maximum absolute atomic E-state index is 13.2. The van der Waals surface area contributed by atoms with Crippen LogP contribution in [-0.2, 0) is 6.18 Å². The van der Waals surface area contributed by atoms with E-state index in [9.17, 15) is 23.1 Å². The average Bonchev–Trinajstić information content (AvgIpc) is 3.07. The molecule has 142 valence electrons. The van der Waals surface area contributed by atoms with Crippen molar-refractivity contribution in [2.45, 2.75) is 26.1 Å². The molecule has 0 radical (unpaired) electrons. The van der Waals surface area contributed by atoms with Crippen molar-refractivity contribution in [1.29, 1.82) is 0 Å². The minimum atomic E-state index is -4.62. The molecule has 0 bridgehead atoms. The van der Waals surface area contributed by atoms with Crippen LogP contribution >= 0.6 is 11.3 Å². The van der Waals surface area contributed by atoms with Crippen molar-refractivity contribution >= 4 is 33.7 Å². The highest BCUT2D eigenvalue weighted by molar-refractivity contribution is 7.12. The zero-order chi connectivity index (χ0) is 19.8. The molecule has 1 aromatic carbocycles. The number of aliphatic hydroxyl groups is 1. The lowest BCUT2D eigenvalue weighted by Gasteiger charge is -2.18. The van der Waals surface area contributed by atoms with Gasteiger partial charge in [0.2, 0.25) is 0 Å². The minimum Gasteiger partial charge on any atom is -0.387 e. The number of rotatable bonds is 5. The largest absolute Gasteiger partial charge is 0.433 e. The maximum atomic E-state index is 13.2. The summed E-state index contributed by atoms with van der Waals surface area (Å²) in [5.41, 5.74) is 0.455. The molecule has 0 aliphatic heterocycles. The number of hydrogen-bond donors (Lipinski definition) is 2. The van der Waals surface area contributed by atoms with Gasteiger partial charge in [-0.1, -0.05) is 18.2 Å². The van der Waals surface area contributed by atoms with Gasteiger partial charge in [-0.15, -0.1) is 11.3 Å². The summed E-state index contributed by atoms with van der Waals surface area (Å²) in [5.74, 6) is -0.119. The molecule has 2 heterocycles. The molecule has 0 aliphatic carbocycles. The summed E-state index contributed by atoms with van der Waals surface area (Å²) in [4.78, 5) is 15.8. The summed E-state index contributed by atoms with van der Waals surface area (Å²) in [6.45, 7) is 3.07. The fraction of sp³-hybridized carbons (Fsp3) is 0.263. The van der Waals surface area contributed by atoms with Crippen LogP contribution in [0.3, 0.4) is 0 Å². The SMILES string of the molecule is CC(=O)c1sccc1NCC(O)c1cc(C(F)(F)F)nc2c(C)cccc12. The monoisotopic (exact) mass is 394 g/mol. The molecule has 0 fully saturated rings. The number of aryl methyl sites for hydroxylation is 1. The summed E-state index contributed by atoms with van der Waals surface area (Å²) in [6.07, 6.45) is -5.83. The van der Waals surface area contributed by atoms with Crippen LogP contribution in [0.1, 0.15) is 39.5 Å². The number of thiophene rings is 1. The number of halogens is 3. The molecule has 0 saturated carbocycles. The van der Waals surface area contributed by atoms with Gasteiger partial charge in [0.15, 0.2) is 5.78 Å². The summed E-state index contributed by atoms with van der Waals surface area (Å²) in [6, 6.07) is 7.61. The van der Waals surface area contributed by atoms with E-state index in [1.165, 1.54) is 18.3 Å². The van der Waals surface area contributed by atoms with Gasteiger partial charge in [-0.25, -0.2) is 4.98 Å². The molecule has 1 unspecified atom stereocenters. The van der Waals surface area contributed by atoms with Crippen molar-refractivity contribution in [2.24, 2.45) is 0 Å². The maximum Gasteiger partial charge on any atom is 0.433 e. The predicted octanol–water partition coefficient (Wildman–Crippen LogP) is 4.97. The highest BCUT2D eigenvalue weighted by Gasteiger charge is 2.34. The Bertz CT molecular complexity index is 998. The Morgan fingerprint density at radius 1 is 1.33 bits per heavy atom. The first-order valence-corrected chi connectivity index (χ1v) is 9.04. The van der Waals surface area contributed by atoms with Crippen LogP contribution in [0.25, 0.3) is 10.9 Å². The van der Waals surface area contributed by atoms with E-state index in [1.807, 2.05) is 0 Å². The van der Waals surface area contributed by atoms with Gasteiger partial charge in [0, 0.05) is 18.9 Å². The van der Waals surface area contributed by atoms with E-state index in [4.69, 9.17) is 0 Å². The summed E-state index contributed by atoms with van der Waals surface area (Å²) >= 11 is 1.26. The Balaban J connectivity index is 1.98. The molecule has 2 N–H and O–H groups in total. The van der Waals surface area contributed by atoms with Crippen LogP contribution in [-0.4, -0.2) is 22.4 Å². The number of fused-ring (bicyclic) bond motifs is 1. The molecule has 0 saturated heterocycles. The number of aliphatic hydroxyl groups excluding tert-OH is 1. The number of aromatic nitrogens is 1. The first-order chi connectivity index (χ1) is 12.7. The summed E-state index contributed by atoms with van der Waals surface area (Å²) in [7, 11) is 0. The van der Waals surface area contributed by atoms with Gasteiger partial charge in [0.05, 0.1) is 22.2 Å². The van der Waals surface area contributed by atoms with Gasteiger partial charge in [-0.2, -0.15) is 13.2 Å². The quantitative estimate of drug-likeness (QED) is 0.600. The third kappa shape index (κ3) is 3.96. The van der Waals surface area contributed by atoms with E-state index in [2.05, 4.69) is 10.3 Å². The molecular weight excluding hydrogens is 377 g/mol. The van der Waals surface area contributed by atoms with Crippen LogP contribution in [0.15, 0.2) is 35.7 Å². The number of anilines is 1. The topological polar surface area (TPSA) is 62.2 Å². The smallest absolute Gasteiger partial charge is 0.387 e. The number of benzene rings is 1. The number of para-hydroxylation sites is 1. The fourth-order valence-electron chi connectivity index (χ4n) is 2.88. The molecule has 8 heteroatoms. The molecule has 3 aromatic rings. The molecule has 1 atom stereocenters. The average molecular weight is 394 g/mol. The van der Waals surface area contributed by atoms with Gasteiger partial charge in [-0.05, 0) is 35.6 Å². The first kappa shape index (κ1) is 19.3. The van der Waals surface area contributed by atoms with Gasteiger partial charge in [-0.3, -0.25) is 4.79 Å². The van der Waals surface area contributed by atoms with Crippen molar-refractivity contribution in [3.63, 3.8) is 0 Å². The minimum absolute atomic E-state index is 0.0403. The van der Waals surface area contributed by atoms with E-state index in [1.54, 1.807) is 36.6 Å². The van der Waals surface area contributed by atoms with Crippen LogP contribution in [0.5, 0.6) is 0 Å². The number of nitrogens with one attached hydrogen (secondary N) is 1. The highest BCUT2D eigenvalue weighted by Crippen LogP contribution is 2.34. The molecule has 27 heavy (non-hydrogen) atoms. The van der Waals surface area contributed by atoms with E-state index >= 15 is 0 Å². The molecule has 0 spiro atoms. The van der Waals surface area contributed by atoms with Crippen LogP contribution in [0.2, 0.25) is 0 Å². The Labute approximate surface area is 157 Å². The Morgan fingerprint density at radius 2 is 2.07 bits per heavy atom. The van der Waals surface area contributed by atoms with E-state index in [0.29, 0.717) is 21.5 Å². The second-order valence-electron chi connectivity index (χ2n) is 6.18. The van der Waals surface area contributed by atoms with Gasteiger partial charge in [0.1, 0.15) is 5.69 Å². The lowest BCUT2D eigenvalue weighted by atomic mass is 10.00. The molecular formula is C19H17F3N2O2S. The van der Waals surface area contributed by atoms with E-state index in [0.717, 1.165) is 6.07 Å². The zero-order valence-electron chi connectivity index (χ0n) is 14.6. The highest BCUT2D eigenvalue weighted by atomic mass is 32.1. The zero-order valence-corrected chi connectivity index (χ0v) is 15.4. The van der Waals surface area contributed by atoms with Gasteiger partial charge >= 0.3 is 6.18 Å². The second kappa shape index (κ2) is 7.28. The van der Waals surface area contributed by atoms with Crippen molar-refractivity contribution in [1.82, 2.24) is 4.98 Å². The number of nitrogens with zero attached hydrogens (tertiary/aromatic N) is 1. The van der Waals surface area contributed by atoms with Crippen LogP contribution in [0.4, 0.5) is 18.9 Å². The van der Waals surface area contributed by atoms with Crippen molar-refractivity contribution in [3.8, 4) is 0 Å². The molecule has 0 amide bonds. The summed E-state index contributed by atoms with van der Waals surface area (Å²) in [5, 5.41) is 15.7. The number of alkyl halides is 3. The Hall–Kier alpha value is -2.45. The number of hydrogen-bond acceptors (Lipinski definition) is 5. The molecule has 4 nitrogen and oxygen atoms in total. The molecule has 3 rings (SSSR count). The van der Waals surface area contributed by atoms with Crippen LogP contribution < -0.4 is 5.32 Å². The number of Topliss-reactive ketones (excluding diaryl/α,β-unsaturated/α-hetero) is 1. The lowest BCUT2D eigenvalue weighted by molar-refractivity contribution is -0.141. The molecule has 0 aliphatic rings. The Kier molecular flexibility index (Phi) is 5.21. The standard InChI is InChI=1S/C19H17F3N2O2S/c1-10-4-3-5-12-13(8-16(19(20,21)22)24-17(10)12)15(26)9-23-14-6-7-27-18(14)11(2)25/h3-8,15,23,26H,9H2,1-2H3. The fourth-order valence-corrected chi connectivity index (χ4v) is 3.65. The Morgan fingerprint density at radius 3 is 2.74 bits per heavy atom. The third-order valence-electron chi connectivity index (χ3n) is 4.19. The van der Waals surface area contributed by atoms with Crippen LogP contribution in [0, 0.1) is 6.92 Å². The third-order valence-corrected chi connectivity index (χ3v) is 5.21. The van der Waals surface area contributed by atoms with Crippen molar-refractivity contribution < 1.29 is 23.1 Å². The number of carbonyl (C=O) groups excluding carboxylic acids is 1. The van der Waals surface area contributed by atoms with Gasteiger partial charge < -0.3 is 10.4 Å².